The quantitative estimate of drug-likeness (QED) is 0.316. The maximum absolute atomic E-state index is 12.0. The van der Waals surface area contributed by atoms with Gasteiger partial charge in [0.05, 0.1) is 0 Å². The van der Waals surface area contributed by atoms with Gasteiger partial charge >= 0.3 is 11.7 Å². The Hall–Kier alpha value is -2.45. The molecule has 2 aromatic rings. The van der Waals surface area contributed by atoms with E-state index in [0.717, 1.165) is 10.8 Å². The van der Waals surface area contributed by atoms with Gasteiger partial charge in [0.25, 0.3) is 5.56 Å². The van der Waals surface area contributed by atoms with Gasteiger partial charge in [0.2, 0.25) is 0 Å². The Bertz CT molecular complexity index is 1090. The molecule has 2 unspecified atom stereocenters. The Morgan fingerprint density at radius 2 is 2.00 bits per heavy atom. The molecule has 0 radical (unpaired) electrons. The van der Waals surface area contributed by atoms with Crippen LogP contribution in [0.25, 0.3) is 0 Å². The molecule has 1 aliphatic heterocycles. The number of aromatic nitrogens is 4. The first-order chi connectivity index (χ1) is 12.8. The highest BCUT2D eigenvalue weighted by Crippen LogP contribution is 2.28. The first-order valence-electron chi connectivity index (χ1n) is 7.60. The van der Waals surface area contributed by atoms with Crippen LogP contribution in [0.4, 0.5) is 0 Å². The van der Waals surface area contributed by atoms with Gasteiger partial charge in [0, 0.05) is 12.4 Å². The smallest absolute Gasteiger partial charge is 0.345 e. The van der Waals surface area contributed by atoms with E-state index < -0.39 is 48.4 Å². The first kappa shape index (κ1) is 19.3. The molecule has 144 valence electrons. The normalized spacial score (nSPS) is 24.7. The topological polar surface area (TPSA) is 162 Å². The molecule has 0 amide bonds. The number of aliphatic hydroxyl groups excluding tert-OH is 2. The van der Waals surface area contributed by atoms with E-state index in [1.807, 2.05) is 0 Å². The zero-order valence-corrected chi connectivity index (χ0v) is 15.1. The average Bonchev–Trinajstić information content (AvgIpc) is 2.88. The minimum atomic E-state index is -1.45. The van der Waals surface area contributed by atoms with Crippen molar-refractivity contribution in [3.63, 3.8) is 0 Å². The summed E-state index contributed by atoms with van der Waals surface area (Å²) >= 11 is 9.55. The van der Waals surface area contributed by atoms with Crippen LogP contribution < -0.4 is 11.2 Å². The van der Waals surface area contributed by atoms with E-state index in [0.29, 0.717) is 0 Å². The van der Waals surface area contributed by atoms with Gasteiger partial charge in [0.15, 0.2) is 11.0 Å². The van der Waals surface area contributed by atoms with Gasteiger partial charge in [-0.3, -0.25) is 19.3 Å². The predicted octanol–water partition coefficient (Wildman–Crippen LogP) is -0.872. The maximum atomic E-state index is 12.0. The van der Waals surface area contributed by atoms with Gasteiger partial charge in [-0.15, -0.1) is 0 Å². The highest BCUT2D eigenvalue weighted by atomic mass is 32.1. The molecule has 4 atom stereocenters. The molecule has 1 saturated heterocycles. The summed E-state index contributed by atoms with van der Waals surface area (Å²) in [6, 6.07) is 1.41. The SMILES string of the molecule is O=C(OC[C@@H]1O[C@H](n2ccc(=S)[nH]c2=O)C(O)C1O)c1c[nH]c(=S)[nH]c1=O. The lowest BCUT2D eigenvalue weighted by Gasteiger charge is -2.16. The fourth-order valence-corrected chi connectivity index (χ4v) is 2.82. The third-order valence-corrected chi connectivity index (χ3v) is 4.34. The Balaban J connectivity index is 1.72. The average molecular weight is 414 g/mol. The summed E-state index contributed by atoms with van der Waals surface area (Å²) in [6.45, 7) is -0.458. The van der Waals surface area contributed by atoms with Crippen LogP contribution in [0.3, 0.4) is 0 Å². The third-order valence-electron chi connectivity index (χ3n) is 3.88. The van der Waals surface area contributed by atoms with E-state index >= 15 is 0 Å². The fourth-order valence-electron chi connectivity index (χ4n) is 2.52. The van der Waals surface area contributed by atoms with Crippen LogP contribution in [0.15, 0.2) is 28.0 Å². The summed E-state index contributed by atoms with van der Waals surface area (Å²) in [7, 11) is 0. The molecule has 0 aliphatic carbocycles. The number of H-pyrrole nitrogens is 3. The van der Waals surface area contributed by atoms with Gasteiger partial charge in [-0.2, -0.15) is 0 Å². The van der Waals surface area contributed by atoms with E-state index in [9.17, 15) is 24.6 Å². The minimum absolute atomic E-state index is 0.0457. The molecule has 1 fully saturated rings. The van der Waals surface area contributed by atoms with E-state index in [2.05, 4.69) is 15.0 Å². The van der Waals surface area contributed by atoms with Crippen LogP contribution in [-0.4, -0.2) is 60.6 Å². The molecular formula is C14H14N4O7S2. The standard InChI is InChI=1S/C14H14N4O7S2/c19-8-6(4-24-12(22)5-3-15-13(27)17-10(5)21)25-11(9(8)20)18-2-1-7(26)16-14(18)23/h1-3,6,8-9,11,19-20H,4H2,(H,16,23,26)(H2,15,17,21,27)/t6-,8?,9?,11-/m0/s1. The second kappa shape index (κ2) is 7.66. The van der Waals surface area contributed by atoms with Gasteiger partial charge in [0.1, 0.15) is 35.1 Å². The number of nitrogens with zero attached hydrogens (tertiary/aromatic N) is 1. The van der Waals surface area contributed by atoms with Gasteiger partial charge < -0.3 is 24.7 Å². The van der Waals surface area contributed by atoms with Crippen LogP contribution in [0, 0.1) is 9.41 Å². The number of carbonyl (C=O) groups excluding carboxylic acids is 1. The number of carbonyl (C=O) groups is 1. The summed E-state index contributed by atoms with van der Waals surface area (Å²) in [5.74, 6) is -0.975. The van der Waals surface area contributed by atoms with Crippen LogP contribution >= 0.6 is 24.4 Å². The van der Waals surface area contributed by atoms with E-state index in [1.165, 1.54) is 12.3 Å². The Morgan fingerprint density at radius 3 is 2.67 bits per heavy atom. The molecule has 0 aromatic carbocycles. The van der Waals surface area contributed by atoms with Crippen LogP contribution in [0.5, 0.6) is 0 Å². The number of aromatic amines is 3. The molecule has 0 bridgehead atoms. The zero-order chi connectivity index (χ0) is 19.7. The van der Waals surface area contributed by atoms with Crippen molar-refractivity contribution < 1.29 is 24.5 Å². The molecule has 1 aliphatic rings. The number of aliphatic hydroxyl groups is 2. The monoisotopic (exact) mass is 414 g/mol. The number of rotatable bonds is 4. The molecule has 13 heteroatoms. The molecule has 27 heavy (non-hydrogen) atoms. The van der Waals surface area contributed by atoms with Crippen LogP contribution in [0.2, 0.25) is 0 Å². The molecule has 0 saturated carbocycles. The van der Waals surface area contributed by atoms with Crippen molar-refractivity contribution in [2.45, 2.75) is 24.5 Å². The molecule has 0 spiro atoms. The van der Waals surface area contributed by atoms with Crippen molar-refractivity contribution in [3.8, 4) is 0 Å². The van der Waals surface area contributed by atoms with Gasteiger partial charge in [-0.05, 0) is 18.3 Å². The lowest BCUT2D eigenvalue weighted by atomic mass is 10.1. The van der Waals surface area contributed by atoms with E-state index in [4.69, 9.17) is 33.9 Å². The minimum Gasteiger partial charge on any atom is -0.459 e. The predicted molar refractivity (Wildman–Crippen MR) is 94.3 cm³/mol. The van der Waals surface area contributed by atoms with Crippen molar-refractivity contribution in [1.82, 2.24) is 19.5 Å². The Kier molecular flexibility index (Phi) is 5.48. The number of hydrogen-bond acceptors (Lipinski definition) is 9. The summed E-state index contributed by atoms with van der Waals surface area (Å²) in [5.41, 5.74) is -1.69. The largest absolute Gasteiger partial charge is 0.459 e. The lowest BCUT2D eigenvalue weighted by molar-refractivity contribution is -0.0599. The second-order valence-electron chi connectivity index (χ2n) is 5.65. The fraction of sp³-hybridized carbons (Fsp3) is 0.357. The summed E-state index contributed by atoms with van der Waals surface area (Å²) in [5, 5.41) is 20.3. The van der Waals surface area contributed by atoms with Crippen LogP contribution in [0.1, 0.15) is 16.6 Å². The molecule has 3 rings (SSSR count). The molecule has 2 aromatic heterocycles. The van der Waals surface area contributed by atoms with E-state index in [-0.39, 0.29) is 15.0 Å². The summed E-state index contributed by atoms with van der Waals surface area (Å²) < 4.78 is 11.7. The maximum Gasteiger partial charge on any atom is 0.345 e. The van der Waals surface area contributed by atoms with Crippen molar-refractivity contribution in [1.29, 1.82) is 0 Å². The first-order valence-corrected chi connectivity index (χ1v) is 8.42. The zero-order valence-electron chi connectivity index (χ0n) is 13.4. The van der Waals surface area contributed by atoms with E-state index in [1.54, 1.807) is 0 Å². The van der Waals surface area contributed by atoms with Gasteiger partial charge in [-0.1, -0.05) is 12.2 Å². The second-order valence-corrected chi connectivity index (χ2v) is 6.50. The Labute approximate surface area is 160 Å². The number of nitrogens with one attached hydrogen (secondary N) is 3. The van der Waals surface area contributed by atoms with Gasteiger partial charge in [-0.25, -0.2) is 9.59 Å². The molecule has 3 heterocycles. The van der Waals surface area contributed by atoms with Crippen molar-refractivity contribution >= 4 is 30.4 Å². The van der Waals surface area contributed by atoms with Crippen molar-refractivity contribution in [2.75, 3.05) is 6.61 Å². The summed E-state index contributed by atoms with van der Waals surface area (Å²) in [6.07, 6.45) is -2.81. The highest BCUT2D eigenvalue weighted by Gasteiger charge is 2.44. The van der Waals surface area contributed by atoms with Crippen LogP contribution in [-0.2, 0) is 9.47 Å². The Morgan fingerprint density at radius 1 is 1.26 bits per heavy atom. The third kappa shape index (κ3) is 3.96. The molecule has 11 nitrogen and oxygen atoms in total. The lowest BCUT2D eigenvalue weighted by Crippen LogP contribution is -2.36. The summed E-state index contributed by atoms with van der Waals surface area (Å²) in [4.78, 5) is 42.7. The van der Waals surface area contributed by atoms with Crippen molar-refractivity contribution in [3.05, 3.63) is 54.3 Å². The molecule has 5 N–H and O–H groups in total. The number of ether oxygens (including phenoxy) is 2. The highest BCUT2D eigenvalue weighted by molar-refractivity contribution is 7.71. The number of hydrogen-bond donors (Lipinski definition) is 5. The molecular weight excluding hydrogens is 400 g/mol. The van der Waals surface area contributed by atoms with Crippen molar-refractivity contribution in [2.24, 2.45) is 0 Å². The number of esters is 1.